The summed E-state index contributed by atoms with van der Waals surface area (Å²) in [4.78, 5) is 38.0. The largest absolute Gasteiger partial charge is 0.497 e. The monoisotopic (exact) mass is 419 g/mol. The van der Waals surface area contributed by atoms with E-state index in [9.17, 15) is 14.4 Å². The van der Waals surface area contributed by atoms with Gasteiger partial charge in [0.2, 0.25) is 11.8 Å². The smallest absolute Gasteiger partial charge is 0.407 e. The predicted molar refractivity (Wildman–Crippen MR) is 113 cm³/mol. The molecule has 0 unspecified atom stereocenters. The van der Waals surface area contributed by atoms with Crippen molar-refractivity contribution in [3.8, 4) is 5.75 Å². The van der Waals surface area contributed by atoms with Crippen LogP contribution in [0.2, 0.25) is 0 Å². The Morgan fingerprint density at radius 1 is 1.17 bits per heavy atom. The van der Waals surface area contributed by atoms with Gasteiger partial charge in [-0.1, -0.05) is 12.1 Å². The number of likely N-dealkylation sites (tertiary alicyclic amines) is 1. The number of hydrogen-bond donors (Lipinski definition) is 2. The minimum atomic E-state index is -0.563. The van der Waals surface area contributed by atoms with E-state index >= 15 is 0 Å². The molecular weight excluding hydrogens is 386 g/mol. The average Bonchev–Trinajstić information content (AvgIpc) is 2.67. The van der Waals surface area contributed by atoms with E-state index in [0.717, 1.165) is 24.2 Å². The van der Waals surface area contributed by atoms with Gasteiger partial charge in [-0.05, 0) is 51.3 Å². The van der Waals surface area contributed by atoms with Crippen LogP contribution in [-0.4, -0.2) is 61.2 Å². The van der Waals surface area contributed by atoms with E-state index in [2.05, 4.69) is 10.6 Å². The van der Waals surface area contributed by atoms with Crippen LogP contribution >= 0.6 is 0 Å². The molecule has 1 aromatic carbocycles. The van der Waals surface area contributed by atoms with Crippen LogP contribution in [0, 0.1) is 0 Å². The number of hydrogen-bond acceptors (Lipinski definition) is 5. The SMILES string of the molecule is COc1cccc(CC(=O)NC2CCN(C(=O)CCNC(=O)OC(C)(C)C)CC2)c1. The summed E-state index contributed by atoms with van der Waals surface area (Å²) in [6.07, 6.45) is 1.44. The lowest BCUT2D eigenvalue weighted by Crippen LogP contribution is -2.47. The molecule has 0 bridgehead atoms. The summed E-state index contributed by atoms with van der Waals surface area (Å²) in [5, 5.41) is 5.65. The summed E-state index contributed by atoms with van der Waals surface area (Å²) in [6.45, 7) is 6.79. The Labute approximate surface area is 178 Å². The molecule has 2 rings (SSSR count). The molecule has 30 heavy (non-hydrogen) atoms. The third-order valence-electron chi connectivity index (χ3n) is 4.72. The van der Waals surface area contributed by atoms with E-state index in [1.807, 2.05) is 24.3 Å². The highest BCUT2D eigenvalue weighted by molar-refractivity contribution is 5.79. The van der Waals surface area contributed by atoms with Crippen LogP contribution in [0.15, 0.2) is 24.3 Å². The number of amides is 3. The molecule has 1 fully saturated rings. The maximum absolute atomic E-state index is 12.3. The van der Waals surface area contributed by atoms with Crippen molar-refractivity contribution in [2.24, 2.45) is 0 Å². The number of ether oxygens (including phenoxy) is 2. The quantitative estimate of drug-likeness (QED) is 0.707. The highest BCUT2D eigenvalue weighted by Crippen LogP contribution is 2.15. The first-order valence-electron chi connectivity index (χ1n) is 10.3. The molecule has 1 aromatic rings. The second-order valence-corrected chi connectivity index (χ2v) is 8.43. The van der Waals surface area contributed by atoms with Crippen molar-refractivity contribution in [2.75, 3.05) is 26.7 Å². The van der Waals surface area contributed by atoms with Crippen LogP contribution in [0.1, 0.15) is 45.6 Å². The zero-order valence-corrected chi connectivity index (χ0v) is 18.3. The van der Waals surface area contributed by atoms with Crippen LogP contribution in [0.5, 0.6) is 5.75 Å². The number of piperidine rings is 1. The first-order valence-corrected chi connectivity index (χ1v) is 10.3. The highest BCUT2D eigenvalue weighted by atomic mass is 16.6. The zero-order chi connectivity index (χ0) is 22.1. The van der Waals surface area contributed by atoms with E-state index in [4.69, 9.17) is 9.47 Å². The van der Waals surface area contributed by atoms with Gasteiger partial charge in [-0.25, -0.2) is 4.79 Å². The van der Waals surface area contributed by atoms with Gasteiger partial charge in [0.1, 0.15) is 11.4 Å². The Bertz CT molecular complexity index is 737. The molecule has 3 amide bonds. The second kappa shape index (κ2) is 10.8. The number of nitrogens with zero attached hydrogens (tertiary/aromatic N) is 1. The van der Waals surface area contributed by atoms with E-state index in [1.165, 1.54) is 0 Å². The summed E-state index contributed by atoms with van der Waals surface area (Å²) >= 11 is 0. The van der Waals surface area contributed by atoms with Crippen molar-refractivity contribution in [3.63, 3.8) is 0 Å². The van der Waals surface area contributed by atoms with Crippen molar-refractivity contribution >= 4 is 17.9 Å². The first-order chi connectivity index (χ1) is 14.2. The Kier molecular flexibility index (Phi) is 8.50. The van der Waals surface area contributed by atoms with Gasteiger partial charge >= 0.3 is 6.09 Å². The molecule has 1 heterocycles. The third kappa shape index (κ3) is 8.31. The van der Waals surface area contributed by atoms with Gasteiger partial charge in [0, 0.05) is 32.1 Å². The molecule has 166 valence electrons. The number of carbonyl (C=O) groups is 3. The van der Waals surface area contributed by atoms with E-state index < -0.39 is 11.7 Å². The van der Waals surface area contributed by atoms with Gasteiger partial charge in [-0.15, -0.1) is 0 Å². The number of nitrogens with one attached hydrogen (secondary N) is 2. The number of benzene rings is 1. The van der Waals surface area contributed by atoms with Crippen LogP contribution in [0.25, 0.3) is 0 Å². The fourth-order valence-electron chi connectivity index (χ4n) is 3.26. The maximum Gasteiger partial charge on any atom is 0.407 e. The Morgan fingerprint density at radius 2 is 1.87 bits per heavy atom. The van der Waals surface area contributed by atoms with Gasteiger partial charge in [-0.3, -0.25) is 9.59 Å². The molecule has 0 aromatic heterocycles. The number of alkyl carbamates (subject to hydrolysis) is 1. The van der Waals surface area contributed by atoms with Crippen molar-refractivity contribution in [1.29, 1.82) is 0 Å². The fraction of sp³-hybridized carbons (Fsp3) is 0.591. The molecule has 0 spiro atoms. The molecule has 0 aliphatic carbocycles. The Hall–Kier alpha value is -2.77. The molecule has 0 saturated carbocycles. The Balaban J connectivity index is 1.67. The summed E-state index contributed by atoms with van der Waals surface area (Å²) in [7, 11) is 1.60. The second-order valence-electron chi connectivity index (χ2n) is 8.43. The van der Waals surface area contributed by atoms with Gasteiger partial charge in [0.15, 0.2) is 0 Å². The van der Waals surface area contributed by atoms with Crippen LogP contribution in [-0.2, 0) is 20.7 Å². The molecule has 0 radical (unpaired) electrons. The zero-order valence-electron chi connectivity index (χ0n) is 18.3. The first kappa shape index (κ1) is 23.5. The van der Waals surface area contributed by atoms with E-state index in [0.29, 0.717) is 19.5 Å². The van der Waals surface area contributed by atoms with Crippen molar-refractivity contribution in [1.82, 2.24) is 15.5 Å². The van der Waals surface area contributed by atoms with Crippen LogP contribution < -0.4 is 15.4 Å². The van der Waals surface area contributed by atoms with E-state index in [-0.39, 0.29) is 30.8 Å². The third-order valence-corrected chi connectivity index (χ3v) is 4.72. The lowest BCUT2D eigenvalue weighted by atomic mass is 10.0. The highest BCUT2D eigenvalue weighted by Gasteiger charge is 2.24. The van der Waals surface area contributed by atoms with Gasteiger partial charge in [-0.2, -0.15) is 0 Å². The standard InChI is InChI=1S/C22H33N3O5/c1-22(2,3)30-21(28)23-11-8-20(27)25-12-9-17(10-13-25)24-19(26)15-16-6-5-7-18(14-16)29-4/h5-7,14,17H,8-13,15H2,1-4H3,(H,23,28)(H,24,26). The molecular formula is C22H33N3O5. The lowest BCUT2D eigenvalue weighted by Gasteiger charge is -2.32. The molecule has 8 nitrogen and oxygen atoms in total. The summed E-state index contributed by atoms with van der Waals surface area (Å²) < 4.78 is 10.3. The van der Waals surface area contributed by atoms with Crippen molar-refractivity contribution < 1.29 is 23.9 Å². The lowest BCUT2D eigenvalue weighted by molar-refractivity contribution is -0.132. The van der Waals surface area contributed by atoms with E-state index in [1.54, 1.807) is 32.8 Å². The molecule has 1 aliphatic heterocycles. The predicted octanol–water partition coefficient (Wildman–Crippen LogP) is 2.26. The molecule has 8 heteroatoms. The number of methoxy groups -OCH3 is 1. The molecule has 0 atom stereocenters. The summed E-state index contributed by atoms with van der Waals surface area (Å²) in [6, 6.07) is 7.52. The van der Waals surface area contributed by atoms with Gasteiger partial charge in [0.25, 0.3) is 0 Å². The fourth-order valence-corrected chi connectivity index (χ4v) is 3.26. The molecule has 2 N–H and O–H groups in total. The number of rotatable bonds is 7. The van der Waals surface area contributed by atoms with Crippen molar-refractivity contribution in [2.45, 2.75) is 58.1 Å². The van der Waals surface area contributed by atoms with Crippen molar-refractivity contribution in [3.05, 3.63) is 29.8 Å². The average molecular weight is 420 g/mol. The Morgan fingerprint density at radius 3 is 2.50 bits per heavy atom. The van der Waals surface area contributed by atoms with Crippen LogP contribution in [0.3, 0.4) is 0 Å². The number of carbonyl (C=O) groups excluding carboxylic acids is 3. The molecule has 1 aliphatic rings. The summed E-state index contributed by atoms with van der Waals surface area (Å²) in [5.41, 5.74) is 0.337. The normalized spacial score (nSPS) is 14.7. The summed E-state index contributed by atoms with van der Waals surface area (Å²) in [5.74, 6) is 0.690. The minimum absolute atomic E-state index is 0.00721. The minimum Gasteiger partial charge on any atom is -0.497 e. The van der Waals surface area contributed by atoms with Gasteiger partial charge < -0.3 is 25.0 Å². The van der Waals surface area contributed by atoms with Gasteiger partial charge in [0.05, 0.1) is 13.5 Å². The topological polar surface area (TPSA) is 97.0 Å². The molecule has 1 saturated heterocycles. The van der Waals surface area contributed by atoms with Crippen LogP contribution in [0.4, 0.5) is 4.79 Å². The maximum atomic E-state index is 12.3.